The summed E-state index contributed by atoms with van der Waals surface area (Å²) in [4.78, 5) is 17.5. The van der Waals surface area contributed by atoms with Crippen molar-refractivity contribution in [1.82, 2.24) is 9.55 Å². The van der Waals surface area contributed by atoms with Crippen LogP contribution in [0, 0.1) is 0 Å². The van der Waals surface area contributed by atoms with Crippen LogP contribution in [0.15, 0.2) is 71.1 Å². The molecule has 0 spiro atoms. The van der Waals surface area contributed by atoms with Crippen molar-refractivity contribution in [3.05, 3.63) is 71.5 Å². The Labute approximate surface area is 146 Å². The zero-order valence-corrected chi connectivity index (χ0v) is 13.9. The van der Waals surface area contributed by atoms with E-state index in [4.69, 9.17) is 0 Å². The summed E-state index contributed by atoms with van der Waals surface area (Å²) in [5, 5.41) is 0.990. The first kappa shape index (κ1) is 17.2. The van der Waals surface area contributed by atoms with Gasteiger partial charge in [0.25, 0.3) is 5.56 Å². The molecule has 0 amide bonds. The molecule has 4 nitrogen and oxygen atoms in total. The maximum atomic E-state index is 12.9. The summed E-state index contributed by atoms with van der Waals surface area (Å²) in [5.41, 5.74) is 0.907. The molecule has 1 heterocycles. The van der Waals surface area contributed by atoms with Gasteiger partial charge in [0.15, 0.2) is 5.16 Å². The van der Waals surface area contributed by atoms with Gasteiger partial charge in [-0.2, -0.15) is 8.78 Å². The van der Waals surface area contributed by atoms with Crippen LogP contribution in [-0.4, -0.2) is 21.9 Å². The summed E-state index contributed by atoms with van der Waals surface area (Å²) in [7, 11) is 0. The Bertz CT molecular complexity index is 955. The number of rotatable bonds is 6. The summed E-state index contributed by atoms with van der Waals surface area (Å²) in [6, 6.07) is 13.0. The van der Waals surface area contributed by atoms with E-state index < -0.39 is 6.61 Å². The van der Waals surface area contributed by atoms with Gasteiger partial charge >= 0.3 is 6.61 Å². The Morgan fingerprint density at radius 1 is 1.20 bits per heavy atom. The molecule has 0 bridgehead atoms. The van der Waals surface area contributed by atoms with Crippen LogP contribution in [0.25, 0.3) is 16.6 Å². The number of ether oxygens (including phenoxy) is 1. The lowest BCUT2D eigenvalue weighted by molar-refractivity contribution is -0.0498. The molecule has 0 aliphatic rings. The van der Waals surface area contributed by atoms with Crippen molar-refractivity contribution in [3.8, 4) is 11.4 Å². The van der Waals surface area contributed by atoms with E-state index in [0.29, 0.717) is 27.5 Å². The number of fused-ring (bicyclic) bond motifs is 1. The molecule has 0 radical (unpaired) electrons. The van der Waals surface area contributed by atoms with Gasteiger partial charge in [-0.05, 0) is 36.4 Å². The van der Waals surface area contributed by atoms with Crippen LogP contribution < -0.4 is 10.3 Å². The molecule has 0 N–H and O–H groups in total. The fraction of sp³-hybridized carbons (Fsp3) is 0.111. The predicted octanol–water partition coefficient (Wildman–Crippen LogP) is 4.27. The van der Waals surface area contributed by atoms with Gasteiger partial charge in [0, 0.05) is 5.75 Å². The van der Waals surface area contributed by atoms with Gasteiger partial charge in [-0.25, -0.2) is 4.98 Å². The lowest BCUT2D eigenvalue weighted by Crippen LogP contribution is -2.21. The van der Waals surface area contributed by atoms with E-state index in [1.54, 1.807) is 36.4 Å². The molecular formula is C18H14F2N2O2S. The van der Waals surface area contributed by atoms with Crippen LogP contribution in [0.5, 0.6) is 5.75 Å². The zero-order chi connectivity index (χ0) is 17.8. The predicted molar refractivity (Wildman–Crippen MR) is 94.9 cm³/mol. The van der Waals surface area contributed by atoms with E-state index in [1.165, 1.54) is 28.5 Å². The van der Waals surface area contributed by atoms with Crippen LogP contribution in [0.1, 0.15) is 0 Å². The Kier molecular flexibility index (Phi) is 5.14. The molecule has 0 saturated carbocycles. The number of halogens is 2. The average molecular weight is 360 g/mol. The number of thioether (sulfide) groups is 1. The molecule has 25 heavy (non-hydrogen) atoms. The van der Waals surface area contributed by atoms with Gasteiger partial charge in [0.1, 0.15) is 5.75 Å². The third kappa shape index (κ3) is 3.71. The first-order valence-electron chi connectivity index (χ1n) is 7.41. The third-order valence-corrected chi connectivity index (χ3v) is 4.33. The SMILES string of the molecule is C=CCSc1nc2ccccc2c(=O)n1-c1ccc(OC(F)F)cc1. The van der Waals surface area contributed by atoms with Crippen LogP contribution in [-0.2, 0) is 0 Å². The van der Waals surface area contributed by atoms with Crippen LogP contribution in [0.2, 0.25) is 0 Å². The summed E-state index contributed by atoms with van der Waals surface area (Å²) < 4.78 is 30.4. The molecule has 0 aliphatic carbocycles. The first-order chi connectivity index (χ1) is 12.1. The van der Waals surface area contributed by atoms with Gasteiger partial charge in [0.05, 0.1) is 16.6 Å². The highest BCUT2D eigenvalue weighted by molar-refractivity contribution is 7.99. The number of hydrogen-bond acceptors (Lipinski definition) is 4. The normalized spacial score (nSPS) is 11.0. The van der Waals surface area contributed by atoms with Crippen molar-refractivity contribution in [3.63, 3.8) is 0 Å². The number of para-hydroxylation sites is 1. The molecule has 0 atom stereocenters. The minimum Gasteiger partial charge on any atom is -0.435 e. The zero-order valence-electron chi connectivity index (χ0n) is 13.1. The molecule has 128 valence electrons. The van der Waals surface area contributed by atoms with Crippen LogP contribution in [0.3, 0.4) is 0 Å². The van der Waals surface area contributed by atoms with Crippen LogP contribution >= 0.6 is 11.8 Å². The van der Waals surface area contributed by atoms with Crippen molar-refractivity contribution in [2.75, 3.05) is 5.75 Å². The van der Waals surface area contributed by atoms with Gasteiger partial charge in [-0.1, -0.05) is 30.0 Å². The van der Waals surface area contributed by atoms with E-state index in [0.717, 1.165) is 0 Å². The molecule has 1 aromatic heterocycles. The summed E-state index contributed by atoms with van der Waals surface area (Å²) >= 11 is 1.37. The molecule has 7 heteroatoms. The van der Waals surface area contributed by atoms with E-state index in [1.807, 2.05) is 6.07 Å². The Morgan fingerprint density at radius 2 is 1.92 bits per heavy atom. The van der Waals surface area contributed by atoms with Crippen molar-refractivity contribution in [2.45, 2.75) is 11.8 Å². The fourth-order valence-corrected chi connectivity index (χ4v) is 3.09. The quantitative estimate of drug-likeness (QED) is 0.374. The third-order valence-electron chi connectivity index (χ3n) is 3.40. The fourth-order valence-electron chi connectivity index (χ4n) is 2.35. The summed E-state index contributed by atoms with van der Waals surface area (Å²) in [6.45, 7) is 0.785. The van der Waals surface area contributed by atoms with E-state index in [2.05, 4.69) is 16.3 Å². The highest BCUT2D eigenvalue weighted by Crippen LogP contribution is 2.23. The monoisotopic (exact) mass is 360 g/mol. The number of nitrogens with zero attached hydrogens (tertiary/aromatic N) is 2. The molecule has 0 aliphatic heterocycles. The second-order valence-corrected chi connectivity index (χ2v) is 6.01. The van der Waals surface area contributed by atoms with Gasteiger partial charge < -0.3 is 4.74 Å². The van der Waals surface area contributed by atoms with Crippen molar-refractivity contribution in [2.24, 2.45) is 0 Å². The highest BCUT2D eigenvalue weighted by atomic mass is 32.2. The number of alkyl halides is 2. The first-order valence-corrected chi connectivity index (χ1v) is 8.39. The average Bonchev–Trinajstić information content (AvgIpc) is 2.60. The summed E-state index contributed by atoms with van der Waals surface area (Å²) in [6.07, 6.45) is 1.72. The Balaban J connectivity index is 2.14. The van der Waals surface area contributed by atoms with Crippen molar-refractivity contribution < 1.29 is 13.5 Å². The number of aromatic nitrogens is 2. The largest absolute Gasteiger partial charge is 0.435 e. The smallest absolute Gasteiger partial charge is 0.387 e. The van der Waals surface area contributed by atoms with Gasteiger partial charge in [-0.15, -0.1) is 6.58 Å². The second-order valence-electron chi connectivity index (χ2n) is 5.02. The molecule has 3 aromatic rings. The second kappa shape index (κ2) is 7.48. The molecular weight excluding hydrogens is 346 g/mol. The Morgan fingerprint density at radius 3 is 2.60 bits per heavy atom. The van der Waals surface area contributed by atoms with E-state index in [-0.39, 0.29) is 11.3 Å². The lowest BCUT2D eigenvalue weighted by Gasteiger charge is -2.13. The minimum absolute atomic E-state index is 0.0286. The Hall–Kier alpha value is -2.67. The van der Waals surface area contributed by atoms with E-state index in [9.17, 15) is 13.6 Å². The highest BCUT2D eigenvalue weighted by Gasteiger charge is 2.13. The topological polar surface area (TPSA) is 44.1 Å². The van der Waals surface area contributed by atoms with Gasteiger partial charge in [-0.3, -0.25) is 9.36 Å². The van der Waals surface area contributed by atoms with E-state index >= 15 is 0 Å². The molecule has 0 unspecified atom stereocenters. The maximum absolute atomic E-state index is 12.9. The molecule has 0 saturated heterocycles. The number of benzene rings is 2. The standard InChI is InChI=1S/C18H14F2N2O2S/c1-2-11-25-18-21-15-6-4-3-5-14(15)16(23)22(18)12-7-9-13(10-8-12)24-17(19)20/h2-10,17H,1,11H2. The van der Waals surface area contributed by atoms with Gasteiger partial charge in [0.2, 0.25) is 0 Å². The molecule has 0 fully saturated rings. The number of hydrogen-bond donors (Lipinski definition) is 0. The molecule has 2 aromatic carbocycles. The minimum atomic E-state index is -2.89. The summed E-state index contributed by atoms with van der Waals surface area (Å²) in [5.74, 6) is 0.609. The van der Waals surface area contributed by atoms with Crippen molar-refractivity contribution >= 4 is 22.7 Å². The van der Waals surface area contributed by atoms with Crippen LogP contribution in [0.4, 0.5) is 8.78 Å². The lowest BCUT2D eigenvalue weighted by atomic mass is 10.2. The molecule has 3 rings (SSSR count). The maximum Gasteiger partial charge on any atom is 0.387 e. The van der Waals surface area contributed by atoms with Crippen molar-refractivity contribution in [1.29, 1.82) is 0 Å².